The predicted molar refractivity (Wildman–Crippen MR) is 87.4 cm³/mol. The van der Waals surface area contributed by atoms with Crippen LogP contribution < -0.4 is 5.32 Å². The Kier molecular flexibility index (Phi) is 6.54. The maximum absolute atomic E-state index is 12.1. The zero-order chi connectivity index (χ0) is 15.1. The molecule has 1 heterocycles. The van der Waals surface area contributed by atoms with Crippen LogP contribution in [0.3, 0.4) is 0 Å². The van der Waals surface area contributed by atoms with Gasteiger partial charge in [0.15, 0.2) is 0 Å². The molecule has 1 saturated heterocycles. The number of hydrogen-bond acceptors (Lipinski definition) is 4. The number of thioether (sulfide) groups is 1. The van der Waals surface area contributed by atoms with Gasteiger partial charge in [0.05, 0.1) is 18.0 Å². The van der Waals surface area contributed by atoms with Gasteiger partial charge in [-0.3, -0.25) is 4.79 Å². The third-order valence-corrected chi connectivity index (χ3v) is 4.77. The Balaban J connectivity index is 1.67. The number of ether oxygens (including phenoxy) is 1. The molecule has 1 aromatic carbocycles. The Morgan fingerprint density at radius 3 is 2.95 bits per heavy atom. The summed E-state index contributed by atoms with van der Waals surface area (Å²) in [4.78, 5) is 14.3. The van der Waals surface area contributed by atoms with E-state index in [1.807, 2.05) is 25.1 Å². The van der Waals surface area contributed by atoms with Crippen LogP contribution >= 0.6 is 11.8 Å². The van der Waals surface area contributed by atoms with Gasteiger partial charge in [0.1, 0.15) is 0 Å². The van der Waals surface area contributed by atoms with Gasteiger partial charge in [0.2, 0.25) is 5.91 Å². The number of benzene rings is 1. The molecule has 116 valence electrons. The lowest BCUT2D eigenvalue weighted by Crippen LogP contribution is -2.47. The van der Waals surface area contributed by atoms with Crippen LogP contribution in [0.4, 0.5) is 0 Å². The Morgan fingerprint density at radius 1 is 1.48 bits per heavy atom. The van der Waals surface area contributed by atoms with Gasteiger partial charge in [0, 0.05) is 25.4 Å². The van der Waals surface area contributed by atoms with Crippen molar-refractivity contribution in [3.8, 4) is 0 Å². The standard InChI is InChI=1S/C16H24N2O2S/c1-13(21-12-14-6-4-3-5-7-14)16(19)17-10-15-11-18(2)8-9-20-15/h3-7,13,15H,8-12H2,1-2H3,(H,17,19)/t13-,15-/m0/s1. The highest BCUT2D eigenvalue weighted by Gasteiger charge is 2.20. The molecule has 1 aromatic rings. The molecule has 0 aromatic heterocycles. The molecule has 2 rings (SSSR count). The van der Waals surface area contributed by atoms with Crippen molar-refractivity contribution in [2.24, 2.45) is 0 Å². The van der Waals surface area contributed by atoms with Crippen LogP contribution in [0.1, 0.15) is 12.5 Å². The topological polar surface area (TPSA) is 41.6 Å². The van der Waals surface area contributed by atoms with Crippen molar-refractivity contribution in [2.45, 2.75) is 24.0 Å². The third-order valence-electron chi connectivity index (χ3n) is 3.56. The molecule has 1 fully saturated rings. The molecule has 1 aliphatic rings. The molecule has 0 aliphatic carbocycles. The van der Waals surface area contributed by atoms with E-state index in [9.17, 15) is 4.79 Å². The van der Waals surface area contributed by atoms with Gasteiger partial charge in [-0.25, -0.2) is 0 Å². The van der Waals surface area contributed by atoms with E-state index >= 15 is 0 Å². The fourth-order valence-electron chi connectivity index (χ4n) is 2.22. The molecule has 1 amide bonds. The highest BCUT2D eigenvalue weighted by atomic mass is 32.2. The number of amides is 1. The maximum Gasteiger partial charge on any atom is 0.232 e. The monoisotopic (exact) mass is 308 g/mol. The Labute approximate surface area is 131 Å². The van der Waals surface area contributed by atoms with E-state index < -0.39 is 0 Å². The summed E-state index contributed by atoms with van der Waals surface area (Å²) in [7, 11) is 2.08. The Hall–Kier alpha value is -1.04. The number of carbonyl (C=O) groups is 1. The van der Waals surface area contributed by atoms with E-state index in [1.54, 1.807) is 11.8 Å². The first-order valence-corrected chi connectivity index (χ1v) is 8.43. The van der Waals surface area contributed by atoms with Crippen molar-refractivity contribution in [2.75, 3.05) is 33.3 Å². The summed E-state index contributed by atoms with van der Waals surface area (Å²) in [5.74, 6) is 0.950. The van der Waals surface area contributed by atoms with E-state index in [-0.39, 0.29) is 17.3 Å². The van der Waals surface area contributed by atoms with Gasteiger partial charge in [-0.2, -0.15) is 0 Å². The second-order valence-corrected chi connectivity index (χ2v) is 6.77. The highest BCUT2D eigenvalue weighted by molar-refractivity contribution is 7.99. The smallest absolute Gasteiger partial charge is 0.232 e. The van der Waals surface area contributed by atoms with Gasteiger partial charge in [-0.1, -0.05) is 30.3 Å². The lowest BCUT2D eigenvalue weighted by molar-refractivity contribution is -0.121. The molecule has 1 aliphatic heterocycles. The van der Waals surface area contributed by atoms with Crippen molar-refractivity contribution in [3.05, 3.63) is 35.9 Å². The van der Waals surface area contributed by atoms with Crippen LogP contribution in [-0.2, 0) is 15.3 Å². The summed E-state index contributed by atoms with van der Waals surface area (Å²) in [6, 6.07) is 10.2. The fraction of sp³-hybridized carbons (Fsp3) is 0.562. The van der Waals surface area contributed by atoms with Crippen LogP contribution in [-0.4, -0.2) is 55.4 Å². The van der Waals surface area contributed by atoms with Gasteiger partial charge in [-0.15, -0.1) is 11.8 Å². The van der Waals surface area contributed by atoms with Gasteiger partial charge in [-0.05, 0) is 19.5 Å². The molecule has 21 heavy (non-hydrogen) atoms. The molecule has 2 atom stereocenters. The summed E-state index contributed by atoms with van der Waals surface area (Å²) in [6.07, 6.45) is 0.110. The van der Waals surface area contributed by atoms with Crippen LogP contribution in [0.2, 0.25) is 0 Å². The van der Waals surface area contributed by atoms with E-state index in [0.717, 1.165) is 25.4 Å². The van der Waals surface area contributed by atoms with E-state index in [4.69, 9.17) is 4.74 Å². The minimum absolute atomic E-state index is 0.0495. The summed E-state index contributed by atoms with van der Waals surface area (Å²) < 4.78 is 5.64. The Morgan fingerprint density at radius 2 is 2.24 bits per heavy atom. The first kappa shape index (κ1) is 16.3. The molecule has 1 N–H and O–H groups in total. The molecule has 5 heteroatoms. The fourth-order valence-corrected chi connectivity index (χ4v) is 3.09. The number of nitrogens with one attached hydrogen (secondary N) is 1. The third kappa shape index (κ3) is 5.69. The van der Waals surface area contributed by atoms with Crippen molar-refractivity contribution >= 4 is 17.7 Å². The summed E-state index contributed by atoms with van der Waals surface area (Å²) in [6.45, 7) is 5.14. The van der Waals surface area contributed by atoms with E-state index in [1.165, 1.54) is 5.56 Å². The molecule has 0 saturated carbocycles. The van der Waals surface area contributed by atoms with Crippen molar-refractivity contribution in [3.63, 3.8) is 0 Å². The van der Waals surface area contributed by atoms with Crippen LogP contribution in [0.15, 0.2) is 30.3 Å². The van der Waals surface area contributed by atoms with Crippen molar-refractivity contribution in [1.82, 2.24) is 10.2 Å². The Bertz CT molecular complexity index is 441. The number of nitrogens with zero attached hydrogens (tertiary/aromatic N) is 1. The summed E-state index contributed by atoms with van der Waals surface area (Å²) in [5, 5.41) is 2.95. The van der Waals surface area contributed by atoms with Gasteiger partial charge < -0.3 is 15.0 Å². The average molecular weight is 308 g/mol. The van der Waals surface area contributed by atoms with Crippen molar-refractivity contribution < 1.29 is 9.53 Å². The van der Waals surface area contributed by atoms with Gasteiger partial charge >= 0.3 is 0 Å². The zero-order valence-electron chi connectivity index (χ0n) is 12.7. The zero-order valence-corrected chi connectivity index (χ0v) is 13.6. The maximum atomic E-state index is 12.1. The quantitative estimate of drug-likeness (QED) is 0.869. The largest absolute Gasteiger partial charge is 0.374 e. The lowest BCUT2D eigenvalue weighted by atomic mass is 10.2. The predicted octanol–water partition coefficient (Wildman–Crippen LogP) is 1.76. The first-order chi connectivity index (χ1) is 10.1. The van der Waals surface area contributed by atoms with Crippen LogP contribution in [0, 0.1) is 0 Å². The molecule has 0 radical (unpaired) electrons. The SMILES string of the molecule is C[C@H](SCc1ccccc1)C(=O)NC[C@H]1CN(C)CCO1. The first-order valence-electron chi connectivity index (χ1n) is 7.38. The minimum Gasteiger partial charge on any atom is -0.374 e. The number of likely N-dealkylation sites (N-methyl/N-ethyl adjacent to an activating group) is 1. The molecular formula is C16H24N2O2S. The van der Waals surface area contributed by atoms with Gasteiger partial charge in [0.25, 0.3) is 0 Å². The number of hydrogen-bond donors (Lipinski definition) is 1. The lowest BCUT2D eigenvalue weighted by Gasteiger charge is -2.30. The molecule has 4 nitrogen and oxygen atoms in total. The summed E-state index contributed by atoms with van der Waals surface area (Å²) in [5.41, 5.74) is 1.25. The molecular weight excluding hydrogens is 284 g/mol. The minimum atomic E-state index is -0.0495. The number of morpholine rings is 1. The highest BCUT2D eigenvalue weighted by Crippen LogP contribution is 2.17. The summed E-state index contributed by atoms with van der Waals surface area (Å²) >= 11 is 1.66. The second-order valence-electron chi connectivity index (χ2n) is 5.44. The molecule has 0 unspecified atom stereocenters. The average Bonchev–Trinajstić information content (AvgIpc) is 2.51. The number of rotatable bonds is 6. The normalized spacial score (nSPS) is 21.0. The van der Waals surface area contributed by atoms with Crippen LogP contribution in [0.25, 0.3) is 0 Å². The number of carbonyl (C=O) groups excluding carboxylic acids is 1. The van der Waals surface area contributed by atoms with E-state index in [0.29, 0.717) is 6.54 Å². The van der Waals surface area contributed by atoms with E-state index in [2.05, 4.69) is 29.4 Å². The van der Waals surface area contributed by atoms with Crippen molar-refractivity contribution in [1.29, 1.82) is 0 Å². The second kappa shape index (κ2) is 8.41. The molecule has 0 bridgehead atoms. The van der Waals surface area contributed by atoms with Crippen LogP contribution in [0.5, 0.6) is 0 Å². The molecule has 0 spiro atoms.